The topological polar surface area (TPSA) is 182 Å². The summed E-state index contributed by atoms with van der Waals surface area (Å²) >= 11 is 5.95. The molecule has 1 saturated carbocycles. The van der Waals surface area contributed by atoms with Crippen molar-refractivity contribution in [2.45, 2.75) is 63.6 Å². The van der Waals surface area contributed by atoms with Crippen LogP contribution in [-0.2, 0) is 39.8 Å². The SMILES string of the molecule is COC(=O)C(C)NP(=O)(OCC1OC(N2CCc3c2ncnc3N(NS(C)(=O)=O)C2CC2)[C@@H](C)[C@@H]1O)Oc1ccc(Cl)cc1. The normalized spacial score (nSPS) is 25.3. The van der Waals surface area contributed by atoms with Gasteiger partial charge in [-0.05, 0) is 50.5 Å². The fourth-order valence-corrected chi connectivity index (χ4v) is 7.43. The summed E-state index contributed by atoms with van der Waals surface area (Å²) in [5, 5.41) is 15.7. The van der Waals surface area contributed by atoms with Gasteiger partial charge in [0.25, 0.3) is 0 Å². The first-order valence-electron chi connectivity index (χ1n) is 14.0. The Morgan fingerprint density at radius 2 is 2.00 bits per heavy atom. The number of halogens is 1. The summed E-state index contributed by atoms with van der Waals surface area (Å²) in [6, 6.07) is 5.05. The van der Waals surface area contributed by atoms with Gasteiger partial charge >= 0.3 is 13.7 Å². The van der Waals surface area contributed by atoms with Gasteiger partial charge in [0.05, 0.1) is 26.1 Å². The summed E-state index contributed by atoms with van der Waals surface area (Å²) in [6.07, 6.45) is 2.12. The van der Waals surface area contributed by atoms with E-state index in [0.29, 0.717) is 29.6 Å². The van der Waals surface area contributed by atoms with Crippen molar-refractivity contribution < 1.29 is 41.4 Å². The Morgan fingerprint density at radius 1 is 1.30 bits per heavy atom. The Kier molecular flexibility index (Phi) is 9.73. The summed E-state index contributed by atoms with van der Waals surface area (Å²) in [7, 11) is -6.54. The molecule has 15 nitrogen and oxygen atoms in total. The zero-order valence-electron chi connectivity index (χ0n) is 24.6. The van der Waals surface area contributed by atoms with Crippen molar-refractivity contribution in [1.82, 2.24) is 19.9 Å². The van der Waals surface area contributed by atoms with E-state index in [1.54, 1.807) is 17.1 Å². The van der Waals surface area contributed by atoms with Crippen LogP contribution in [0.4, 0.5) is 11.6 Å². The molecule has 6 atom stereocenters. The lowest BCUT2D eigenvalue weighted by atomic mass is 10.0. The van der Waals surface area contributed by atoms with E-state index in [9.17, 15) is 22.9 Å². The fraction of sp³-hybridized carbons (Fsp3) is 0.577. The number of anilines is 2. The number of rotatable bonds is 13. The second kappa shape index (κ2) is 13.0. The molecule has 3 N–H and O–H groups in total. The van der Waals surface area contributed by atoms with Gasteiger partial charge in [-0.1, -0.05) is 18.5 Å². The second-order valence-corrected chi connectivity index (χ2v) is 14.9. The van der Waals surface area contributed by atoms with Gasteiger partial charge in [0.1, 0.15) is 36.3 Å². The minimum Gasteiger partial charge on any atom is -0.468 e. The van der Waals surface area contributed by atoms with Gasteiger partial charge in [-0.15, -0.1) is 4.83 Å². The van der Waals surface area contributed by atoms with E-state index >= 15 is 0 Å². The number of aromatic nitrogens is 2. The number of hydrazine groups is 1. The number of hydrogen-bond acceptors (Lipinski definition) is 13. The Hall–Kier alpha value is -2.56. The zero-order chi connectivity index (χ0) is 31.8. The molecule has 2 aromatic rings. The van der Waals surface area contributed by atoms with Crippen LogP contribution < -0.4 is 24.4 Å². The van der Waals surface area contributed by atoms with Gasteiger partial charge in [0, 0.05) is 29.1 Å². The number of aliphatic hydroxyl groups excluding tert-OH is 1. The number of nitrogens with one attached hydrogen (secondary N) is 2. The van der Waals surface area contributed by atoms with Crippen molar-refractivity contribution in [3.05, 3.63) is 41.2 Å². The minimum absolute atomic E-state index is 0.00377. The van der Waals surface area contributed by atoms with Gasteiger partial charge in [0.2, 0.25) is 10.0 Å². The average Bonchev–Trinajstić information content (AvgIpc) is 3.67. The lowest BCUT2D eigenvalue weighted by Gasteiger charge is -2.29. The third-order valence-corrected chi connectivity index (χ3v) is 9.95. The maximum Gasteiger partial charge on any atom is 0.459 e. The van der Waals surface area contributed by atoms with Gasteiger partial charge in [-0.25, -0.2) is 23.0 Å². The molecule has 2 fully saturated rings. The number of esters is 1. The Balaban J connectivity index is 1.32. The molecule has 3 aliphatic rings. The van der Waals surface area contributed by atoms with Gasteiger partial charge < -0.3 is 24.0 Å². The van der Waals surface area contributed by atoms with Gasteiger partial charge in [0.15, 0.2) is 5.82 Å². The molecule has 2 aliphatic heterocycles. The third-order valence-electron chi connectivity index (χ3n) is 7.52. The van der Waals surface area contributed by atoms with E-state index in [-0.39, 0.29) is 18.4 Å². The van der Waals surface area contributed by atoms with E-state index in [1.165, 1.54) is 32.5 Å². The molecule has 44 heavy (non-hydrogen) atoms. The van der Waals surface area contributed by atoms with Crippen molar-refractivity contribution in [1.29, 1.82) is 0 Å². The van der Waals surface area contributed by atoms with E-state index < -0.39 is 54.1 Å². The van der Waals surface area contributed by atoms with Crippen LogP contribution >= 0.6 is 19.3 Å². The first kappa shape index (κ1) is 32.8. The van der Waals surface area contributed by atoms with Crippen LogP contribution in [0.5, 0.6) is 5.75 Å². The molecule has 0 radical (unpaired) electrons. The van der Waals surface area contributed by atoms with Crippen LogP contribution in [0.25, 0.3) is 0 Å². The zero-order valence-corrected chi connectivity index (χ0v) is 27.1. The molecule has 1 saturated heterocycles. The Morgan fingerprint density at radius 3 is 2.64 bits per heavy atom. The van der Waals surface area contributed by atoms with Crippen molar-refractivity contribution in [2.24, 2.45) is 5.92 Å². The first-order chi connectivity index (χ1) is 20.8. The molecule has 242 valence electrons. The summed E-state index contributed by atoms with van der Waals surface area (Å²) in [4.78, 5) is 25.4. The van der Waals surface area contributed by atoms with Crippen LogP contribution in [0, 0.1) is 5.92 Å². The second-order valence-electron chi connectivity index (χ2n) is 11.0. The smallest absolute Gasteiger partial charge is 0.459 e. The predicted molar refractivity (Wildman–Crippen MR) is 161 cm³/mol. The highest BCUT2D eigenvalue weighted by atomic mass is 35.5. The molecular weight excluding hydrogens is 639 g/mol. The maximum absolute atomic E-state index is 13.8. The molecule has 1 aromatic carbocycles. The lowest BCUT2D eigenvalue weighted by molar-refractivity contribution is -0.142. The van der Waals surface area contributed by atoms with E-state index in [0.717, 1.165) is 24.7 Å². The molecule has 5 rings (SSSR count). The maximum atomic E-state index is 13.8. The summed E-state index contributed by atoms with van der Waals surface area (Å²) in [5.74, 6) is 0.145. The van der Waals surface area contributed by atoms with Crippen LogP contribution in [0.1, 0.15) is 32.3 Å². The summed E-state index contributed by atoms with van der Waals surface area (Å²) < 4.78 is 60.3. The van der Waals surface area contributed by atoms with E-state index in [1.807, 2.05) is 11.8 Å². The van der Waals surface area contributed by atoms with Crippen LogP contribution in [0.3, 0.4) is 0 Å². The van der Waals surface area contributed by atoms with Crippen LogP contribution in [0.15, 0.2) is 30.6 Å². The highest BCUT2D eigenvalue weighted by Crippen LogP contribution is 2.47. The number of carbonyl (C=O) groups is 1. The van der Waals surface area contributed by atoms with E-state index in [2.05, 4.69) is 19.9 Å². The van der Waals surface area contributed by atoms with Crippen molar-refractivity contribution in [3.63, 3.8) is 0 Å². The predicted octanol–water partition coefficient (Wildman–Crippen LogP) is 2.00. The number of benzene rings is 1. The number of methoxy groups -OCH3 is 1. The number of sulfonamides is 1. The molecule has 4 unspecified atom stereocenters. The largest absolute Gasteiger partial charge is 0.468 e. The fourth-order valence-electron chi connectivity index (χ4n) is 5.21. The lowest BCUT2D eigenvalue weighted by Crippen LogP contribution is -2.44. The van der Waals surface area contributed by atoms with Crippen LogP contribution in [-0.4, -0.2) is 86.5 Å². The molecule has 3 heterocycles. The third kappa shape index (κ3) is 7.45. The Labute approximate surface area is 260 Å². The molecule has 1 aromatic heterocycles. The number of carbonyl (C=O) groups excluding carboxylic acids is 1. The molecule has 0 bridgehead atoms. The quantitative estimate of drug-likeness (QED) is 0.159. The highest BCUT2D eigenvalue weighted by Gasteiger charge is 2.48. The monoisotopic (exact) mass is 674 g/mol. The average molecular weight is 675 g/mol. The number of ether oxygens (including phenoxy) is 2. The number of aliphatic hydroxyl groups is 1. The van der Waals surface area contributed by atoms with Crippen LogP contribution in [0.2, 0.25) is 5.02 Å². The standard InChI is InChI=1S/C26H36ClN6O9PS/c1-15-22(34)21(13-40-43(36,30-16(2)26(35)39-3)42-19-9-5-17(27)6-10-19)41-25(15)32-12-11-20-23(32)28-14-29-24(20)33(18-7-8-18)31-44(4,37)38/h5-6,9-10,14-16,18,21-22,25,31,34H,7-8,11-13H2,1-4H3,(H,30,36)/t15-,16?,21?,22-,25?,43?/m0/s1. The van der Waals surface area contributed by atoms with Gasteiger partial charge in [-0.2, -0.15) is 5.09 Å². The van der Waals surface area contributed by atoms with Crippen molar-refractivity contribution in [3.8, 4) is 5.75 Å². The number of hydrogen-bond donors (Lipinski definition) is 3. The number of fused-ring (bicyclic) bond motifs is 1. The summed E-state index contributed by atoms with van der Waals surface area (Å²) in [5.41, 5.74) is 0.766. The van der Waals surface area contributed by atoms with Crippen molar-refractivity contribution in [2.75, 3.05) is 36.4 Å². The van der Waals surface area contributed by atoms with Gasteiger partial charge in [-0.3, -0.25) is 14.3 Å². The Bertz CT molecular complexity index is 1520. The van der Waals surface area contributed by atoms with Crippen molar-refractivity contribution >= 4 is 47.0 Å². The van der Waals surface area contributed by atoms with E-state index in [4.69, 9.17) is 30.1 Å². The summed E-state index contributed by atoms with van der Waals surface area (Å²) in [6.45, 7) is 3.42. The molecule has 0 amide bonds. The first-order valence-corrected chi connectivity index (χ1v) is 17.9. The molecule has 0 spiro atoms. The molecular formula is C26H36ClN6O9PS. The number of nitrogens with zero attached hydrogens (tertiary/aromatic N) is 4. The highest BCUT2D eigenvalue weighted by molar-refractivity contribution is 7.88. The molecule has 1 aliphatic carbocycles. The minimum atomic E-state index is -4.20. The molecule has 18 heteroatoms.